The number of hydrogen-bond acceptors (Lipinski definition) is 6. The predicted octanol–water partition coefficient (Wildman–Crippen LogP) is 2.05. The average molecular weight is 428 g/mol. The summed E-state index contributed by atoms with van der Waals surface area (Å²) in [5.41, 5.74) is 2.34. The molecule has 1 aromatic heterocycles. The highest BCUT2D eigenvalue weighted by atomic mass is 32.1. The van der Waals surface area contributed by atoms with E-state index in [2.05, 4.69) is 10.6 Å². The number of thiophene rings is 1. The van der Waals surface area contributed by atoms with Crippen LogP contribution in [0.15, 0.2) is 35.7 Å². The fraction of sp³-hybridized carbons (Fsp3) is 0.250. The molecule has 2 heterocycles. The van der Waals surface area contributed by atoms with Gasteiger partial charge >= 0.3 is 23.9 Å². The Hall–Kier alpha value is -3.53. The fourth-order valence-corrected chi connectivity index (χ4v) is 3.61. The van der Waals surface area contributed by atoms with Gasteiger partial charge in [-0.15, -0.1) is 11.3 Å². The molecule has 0 bridgehead atoms. The Kier molecular flexibility index (Phi) is 6.26. The second-order valence-electron chi connectivity index (χ2n) is 6.71. The number of nitrogens with zero attached hydrogens (tertiary/aromatic N) is 2. The highest BCUT2D eigenvalue weighted by molar-refractivity contribution is 7.09. The second kappa shape index (κ2) is 8.87. The topological polar surface area (TPSA) is 116 Å². The zero-order chi connectivity index (χ0) is 21.8. The van der Waals surface area contributed by atoms with Crippen LogP contribution in [0.2, 0.25) is 0 Å². The molecule has 156 valence electrons. The number of nitrogens with one attached hydrogen (secondary N) is 2. The van der Waals surface area contributed by atoms with Gasteiger partial charge in [0, 0.05) is 23.5 Å². The summed E-state index contributed by atoms with van der Waals surface area (Å²) >= 11 is 1.47. The van der Waals surface area contributed by atoms with Gasteiger partial charge in [-0.25, -0.2) is 14.5 Å². The third-order valence-corrected chi connectivity index (χ3v) is 5.64. The molecule has 1 fully saturated rings. The molecule has 30 heavy (non-hydrogen) atoms. The molecule has 0 atom stereocenters. The van der Waals surface area contributed by atoms with Gasteiger partial charge < -0.3 is 5.32 Å². The Labute approximate surface area is 176 Å². The van der Waals surface area contributed by atoms with E-state index in [-0.39, 0.29) is 6.54 Å². The van der Waals surface area contributed by atoms with Crippen LogP contribution in [0.1, 0.15) is 16.0 Å². The van der Waals surface area contributed by atoms with E-state index < -0.39 is 36.3 Å². The van der Waals surface area contributed by atoms with Crippen molar-refractivity contribution >= 4 is 46.8 Å². The smallest absolute Gasteiger partial charge is 0.307 e. The van der Waals surface area contributed by atoms with Crippen LogP contribution in [-0.2, 0) is 20.8 Å². The van der Waals surface area contributed by atoms with Crippen molar-refractivity contribution in [2.75, 3.05) is 18.4 Å². The predicted molar refractivity (Wildman–Crippen MR) is 110 cm³/mol. The van der Waals surface area contributed by atoms with Crippen LogP contribution < -0.4 is 10.6 Å². The molecule has 7 amide bonds. The lowest BCUT2D eigenvalue weighted by molar-refractivity contribution is -0.143. The minimum absolute atomic E-state index is 0.0369. The molecule has 0 radical (unpaired) electrons. The maximum Gasteiger partial charge on any atom is 0.334 e. The van der Waals surface area contributed by atoms with Crippen molar-refractivity contribution in [1.29, 1.82) is 0 Å². The van der Waals surface area contributed by atoms with Gasteiger partial charge in [-0.3, -0.25) is 24.6 Å². The lowest BCUT2D eigenvalue weighted by Crippen LogP contribution is -2.44. The molecule has 0 spiro atoms. The van der Waals surface area contributed by atoms with Crippen LogP contribution >= 0.6 is 11.3 Å². The van der Waals surface area contributed by atoms with Crippen molar-refractivity contribution in [2.45, 2.75) is 20.3 Å². The molecule has 0 unspecified atom stereocenters. The van der Waals surface area contributed by atoms with E-state index in [1.165, 1.54) is 11.3 Å². The van der Waals surface area contributed by atoms with E-state index in [9.17, 15) is 24.0 Å². The number of benzene rings is 1. The van der Waals surface area contributed by atoms with Crippen LogP contribution in [0.25, 0.3) is 0 Å². The summed E-state index contributed by atoms with van der Waals surface area (Å²) in [6, 6.07) is 7.37. The van der Waals surface area contributed by atoms with E-state index in [1.807, 2.05) is 37.4 Å². The van der Waals surface area contributed by atoms with Gasteiger partial charge in [0.1, 0.15) is 6.54 Å². The Balaban J connectivity index is 1.56. The summed E-state index contributed by atoms with van der Waals surface area (Å²) in [4.78, 5) is 63.2. The largest absolute Gasteiger partial charge is 0.334 e. The molecule has 2 aromatic rings. The van der Waals surface area contributed by atoms with Crippen LogP contribution in [0.4, 0.5) is 15.3 Å². The van der Waals surface area contributed by atoms with E-state index in [1.54, 1.807) is 12.1 Å². The normalized spacial score (nSPS) is 13.7. The summed E-state index contributed by atoms with van der Waals surface area (Å²) in [7, 11) is 0. The molecule has 0 saturated carbocycles. The number of imide groups is 3. The van der Waals surface area contributed by atoms with Crippen molar-refractivity contribution in [2.24, 2.45) is 0 Å². The van der Waals surface area contributed by atoms with Crippen molar-refractivity contribution in [3.05, 3.63) is 51.7 Å². The SMILES string of the molecule is Cc1cccc(NC(=O)NC(=O)CN2C(=O)C(=O)N(CCc3cccs3)C2=O)c1C. The average Bonchev–Trinajstić information content (AvgIpc) is 3.28. The molecule has 1 aliphatic heterocycles. The number of urea groups is 2. The highest BCUT2D eigenvalue weighted by Gasteiger charge is 2.45. The molecule has 1 saturated heterocycles. The molecule has 3 rings (SSSR count). The van der Waals surface area contributed by atoms with Gasteiger partial charge in [0.2, 0.25) is 5.91 Å². The Morgan fingerprint density at radius 3 is 2.43 bits per heavy atom. The highest BCUT2D eigenvalue weighted by Crippen LogP contribution is 2.18. The van der Waals surface area contributed by atoms with Gasteiger partial charge in [0.05, 0.1) is 0 Å². The number of anilines is 1. The second-order valence-corrected chi connectivity index (χ2v) is 7.74. The summed E-state index contributed by atoms with van der Waals surface area (Å²) in [5, 5.41) is 6.48. The zero-order valence-electron chi connectivity index (χ0n) is 16.4. The number of aryl methyl sites for hydroxylation is 1. The Bertz CT molecular complexity index is 1020. The molecule has 10 heteroatoms. The lowest BCUT2D eigenvalue weighted by Gasteiger charge is -2.15. The van der Waals surface area contributed by atoms with E-state index >= 15 is 0 Å². The molecule has 1 aromatic carbocycles. The minimum atomic E-state index is -1.09. The number of carbonyl (C=O) groups excluding carboxylic acids is 5. The number of carbonyl (C=O) groups is 5. The molecule has 1 aliphatic rings. The molecule has 9 nitrogen and oxygen atoms in total. The van der Waals surface area contributed by atoms with Crippen LogP contribution in [-0.4, -0.2) is 52.7 Å². The standard InChI is InChI=1S/C20H20N4O5S/c1-12-5-3-7-15(13(12)2)21-19(28)22-16(25)11-24-18(27)17(26)23(20(24)29)9-8-14-6-4-10-30-14/h3-7,10H,8-9,11H2,1-2H3,(H2,21,22,25,28). The van der Waals surface area contributed by atoms with Crippen LogP contribution in [0.3, 0.4) is 0 Å². The first kappa shape index (κ1) is 21.2. The van der Waals surface area contributed by atoms with E-state index in [4.69, 9.17) is 0 Å². The maximum atomic E-state index is 12.4. The van der Waals surface area contributed by atoms with Crippen molar-refractivity contribution in [3.8, 4) is 0 Å². The van der Waals surface area contributed by atoms with Crippen molar-refractivity contribution in [3.63, 3.8) is 0 Å². The molecule has 2 N–H and O–H groups in total. The monoisotopic (exact) mass is 428 g/mol. The number of amides is 7. The van der Waals surface area contributed by atoms with Gasteiger partial charge in [0.15, 0.2) is 0 Å². The van der Waals surface area contributed by atoms with Crippen LogP contribution in [0, 0.1) is 13.8 Å². The minimum Gasteiger partial charge on any atom is -0.307 e. The molecular weight excluding hydrogens is 408 g/mol. The Morgan fingerprint density at radius 2 is 1.73 bits per heavy atom. The molecule has 0 aliphatic carbocycles. The third kappa shape index (κ3) is 4.54. The summed E-state index contributed by atoms with van der Waals surface area (Å²) in [6.45, 7) is 3.02. The van der Waals surface area contributed by atoms with Gasteiger partial charge in [-0.2, -0.15) is 0 Å². The molecular formula is C20H20N4O5S. The van der Waals surface area contributed by atoms with Crippen molar-refractivity contribution < 1.29 is 24.0 Å². The fourth-order valence-electron chi connectivity index (χ4n) is 2.91. The third-order valence-electron chi connectivity index (χ3n) is 4.70. The quantitative estimate of drug-likeness (QED) is 0.540. The number of hydrogen-bond donors (Lipinski definition) is 2. The van der Waals surface area contributed by atoms with E-state index in [0.717, 1.165) is 20.9 Å². The first-order valence-corrected chi connectivity index (χ1v) is 10.0. The van der Waals surface area contributed by atoms with Crippen molar-refractivity contribution in [1.82, 2.24) is 15.1 Å². The summed E-state index contributed by atoms with van der Waals surface area (Å²) < 4.78 is 0. The van der Waals surface area contributed by atoms with E-state index in [0.29, 0.717) is 17.0 Å². The lowest BCUT2D eigenvalue weighted by atomic mass is 10.1. The van der Waals surface area contributed by atoms with Gasteiger partial charge in [0.25, 0.3) is 0 Å². The Morgan fingerprint density at radius 1 is 1.00 bits per heavy atom. The first-order valence-electron chi connectivity index (χ1n) is 9.14. The zero-order valence-corrected chi connectivity index (χ0v) is 17.2. The first-order chi connectivity index (χ1) is 14.3. The van der Waals surface area contributed by atoms with Crippen LogP contribution in [0.5, 0.6) is 0 Å². The van der Waals surface area contributed by atoms with Gasteiger partial charge in [-0.05, 0) is 42.5 Å². The number of rotatable bonds is 6. The summed E-state index contributed by atoms with van der Waals surface area (Å²) in [5.74, 6) is -2.95. The summed E-state index contributed by atoms with van der Waals surface area (Å²) in [6.07, 6.45) is 0.417. The van der Waals surface area contributed by atoms with Gasteiger partial charge in [-0.1, -0.05) is 18.2 Å². The maximum absolute atomic E-state index is 12.4.